The van der Waals surface area contributed by atoms with Crippen molar-refractivity contribution in [2.75, 3.05) is 19.7 Å². The SMILES string of the molecule is CC(C)CCN(Cc1cccs1)C[C@@H](O)COCc1ccccc1. The summed E-state index contributed by atoms with van der Waals surface area (Å²) < 4.78 is 5.67. The molecule has 0 aliphatic heterocycles. The smallest absolute Gasteiger partial charge is 0.0900 e. The zero-order valence-corrected chi connectivity index (χ0v) is 15.5. The van der Waals surface area contributed by atoms with E-state index in [1.165, 1.54) is 4.88 Å². The van der Waals surface area contributed by atoms with E-state index in [0.29, 0.717) is 25.7 Å². The summed E-state index contributed by atoms with van der Waals surface area (Å²) in [4.78, 5) is 3.68. The molecule has 0 fully saturated rings. The minimum absolute atomic E-state index is 0.373. The van der Waals surface area contributed by atoms with Gasteiger partial charge in [0.1, 0.15) is 0 Å². The van der Waals surface area contributed by atoms with Crippen LogP contribution in [0.1, 0.15) is 30.7 Å². The van der Waals surface area contributed by atoms with Crippen LogP contribution in [0.5, 0.6) is 0 Å². The highest BCUT2D eigenvalue weighted by Crippen LogP contribution is 2.14. The Balaban J connectivity index is 1.76. The molecular formula is C20H29NO2S. The first-order valence-corrected chi connectivity index (χ1v) is 9.56. The van der Waals surface area contributed by atoms with Gasteiger partial charge in [-0.15, -0.1) is 11.3 Å². The van der Waals surface area contributed by atoms with Gasteiger partial charge < -0.3 is 9.84 Å². The summed E-state index contributed by atoms with van der Waals surface area (Å²) in [6, 6.07) is 14.3. The molecule has 0 unspecified atom stereocenters. The van der Waals surface area contributed by atoms with Crippen molar-refractivity contribution >= 4 is 11.3 Å². The topological polar surface area (TPSA) is 32.7 Å². The fourth-order valence-electron chi connectivity index (χ4n) is 2.54. The van der Waals surface area contributed by atoms with Crippen LogP contribution >= 0.6 is 11.3 Å². The lowest BCUT2D eigenvalue weighted by Gasteiger charge is -2.25. The van der Waals surface area contributed by atoms with E-state index in [9.17, 15) is 5.11 Å². The Hall–Kier alpha value is -1.20. The molecule has 1 atom stereocenters. The molecule has 1 aromatic carbocycles. The summed E-state index contributed by atoms with van der Waals surface area (Å²) in [7, 11) is 0. The standard InChI is InChI=1S/C20H29NO2S/c1-17(2)10-11-21(14-20-9-6-12-24-20)13-19(22)16-23-15-18-7-4-3-5-8-18/h3-9,12,17,19,22H,10-11,13-16H2,1-2H3/t19-/m1/s1. The third kappa shape index (κ3) is 7.58. The average molecular weight is 348 g/mol. The van der Waals surface area contributed by atoms with Gasteiger partial charge in [-0.25, -0.2) is 0 Å². The lowest BCUT2D eigenvalue weighted by Crippen LogP contribution is -2.35. The number of hydrogen-bond donors (Lipinski definition) is 1. The van der Waals surface area contributed by atoms with Crippen molar-refractivity contribution in [2.24, 2.45) is 5.92 Å². The first kappa shape index (κ1) is 19.1. The van der Waals surface area contributed by atoms with Gasteiger partial charge in [0.15, 0.2) is 0 Å². The van der Waals surface area contributed by atoms with E-state index in [1.54, 1.807) is 11.3 Å². The molecule has 3 nitrogen and oxygen atoms in total. The van der Waals surface area contributed by atoms with Crippen molar-refractivity contribution < 1.29 is 9.84 Å². The minimum Gasteiger partial charge on any atom is -0.389 e. The first-order valence-electron chi connectivity index (χ1n) is 8.68. The Morgan fingerprint density at radius 3 is 2.58 bits per heavy atom. The normalized spacial score (nSPS) is 12.9. The Bertz CT molecular complexity index is 542. The third-order valence-corrected chi connectivity index (χ3v) is 4.73. The highest BCUT2D eigenvalue weighted by Gasteiger charge is 2.13. The number of rotatable bonds is 11. The van der Waals surface area contributed by atoms with Crippen LogP contribution in [0.15, 0.2) is 47.8 Å². The molecule has 1 heterocycles. The average Bonchev–Trinajstić information content (AvgIpc) is 3.06. The van der Waals surface area contributed by atoms with Crippen molar-refractivity contribution in [3.05, 3.63) is 58.3 Å². The summed E-state index contributed by atoms with van der Waals surface area (Å²) in [5.74, 6) is 0.669. The molecule has 0 aliphatic rings. The Morgan fingerprint density at radius 1 is 1.12 bits per heavy atom. The highest BCUT2D eigenvalue weighted by molar-refractivity contribution is 7.09. The van der Waals surface area contributed by atoms with Crippen LogP contribution in [0.2, 0.25) is 0 Å². The van der Waals surface area contributed by atoms with Gasteiger partial charge in [0.25, 0.3) is 0 Å². The molecule has 24 heavy (non-hydrogen) atoms. The quantitative estimate of drug-likeness (QED) is 0.662. The van der Waals surface area contributed by atoms with E-state index >= 15 is 0 Å². The molecule has 1 aromatic heterocycles. The maximum Gasteiger partial charge on any atom is 0.0900 e. The number of thiophene rings is 1. The van der Waals surface area contributed by atoms with Crippen LogP contribution < -0.4 is 0 Å². The van der Waals surface area contributed by atoms with Crippen LogP contribution in [-0.4, -0.2) is 35.8 Å². The summed E-state index contributed by atoms with van der Waals surface area (Å²) in [5, 5.41) is 12.4. The lowest BCUT2D eigenvalue weighted by molar-refractivity contribution is 0.00805. The fourth-order valence-corrected chi connectivity index (χ4v) is 3.28. The zero-order valence-electron chi connectivity index (χ0n) is 14.7. The molecule has 0 saturated heterocycles. The van der Waals surface area contributed by atoms with Crippen molar-refractivity contribution in [2.45, 2.75) is 39.5 Å². The number of hydrogen-bond acceptors (Lipinski definition) is 4. The van der Waals surface area contributed by atoms with Gasteiger partial charge in [-0.1, -0.05) is 50.2 Å². The molecule has 2 aromatic rings. The van der Waals surface area contributed by atoms with Gasteiger partial charge in [0.2, 0.25) is 0 Å². The third-order valence-electron chi connectivity index (χ3n) is 3.87. The Kier molecular flexibility index (Phi) is 8.47. The van der Waals surface area contributed by atoms with Gasteiger partial charge in [-0.05, 0) is 35.9 Å². The maximum absolute atomic E-state index is 10.3. The van der Waals surface area contributed by atoms with Crippen molar-refractivity contribution in [1.29, 1.82) is 0 Å². The second-order valence-corrected chi connectivity index (χ2v) is 7.68. The first-order chi connectivity index (χ1) is 11.6. The van der Waals surface area contributed by atoms with Crippen molar-refractivity contribution in [3.63, 3.8) is 0 Å². The molecule has 2 rings (SSSR count). The van der Waals surface area contributed by atoms with Gasteiger partial charge in [0, 0.05) is 18.0 Å². The molecule has 0 aliphatic carbocycles. The molecule has 132 valence electrons. The van der Waals surface area contributed by atoms with Crippen LogP contribution in [0.3, 0.4) is 0 Å². The predicted molar refractivity (Wildman–Crippen MR) is 101 cm³/mol. The molecular weight excluding hydrogens is 318 g/mol. The largest absolute Gasteiger partial charge is 0.389 e. The number of aliphatic hydroxyl groups is 1. The molecule has 0 radical (unpaired) electrons. The van der Waals surface area contributed by atoms with E-state index in [1.807, 2.05) is 30.3 Å². The van der Waals surface area contributed by atoms with Gasteiger partial charge in [-0.3, -0.25) is 4.90 Å². The number of aliphatic hydroxyl groups excluding tert-OH is 1. The van der Waals surface area contributed by atoms with Gasteiger partial charge in [0.05, 0.1) is 19.3 Å². The highest BCUT2D eigenvalue weighted by atomic mass is 32.1. The monoisotopic (exact) mass is 347 g/mol. The molecule has 0 spiro atoms. The van der Waals surface area contributed by atoms with E-state index in [2.05, 4.69) is 36.3 Å². The minimum atomic E-state index is -0.458. The van der Waals surface area contributed by atoms with Gasteiger partial charge in [-0.2, -0.15) is 0 Å². The summed E-state index contributed by atoms with van der Waals surface area (Å²) in [5.41, 5.74) is 1.14. The van der Waals surface area contributed by atoms with Crippen molar-refractivity contribution in [3.8, 4) is 0 Å². The van der Waals surface area contributed by atoms with E-state index < -0.39 is 6.10 Å². The van der Waals surface area contributed by atoms with E-state index in [-0.39, 0.29) is 0 Å². The molecule has 1 N–H and O–H groups in total. The maximum atomic E-state index is 10.3. The van der Waals surface area contributed by atoms with Crippen LogP contribution in [0.4, 0.5) is 0 Å². The lowest BCUT2D eigenvalue weighted by atomic mass is 10.1. The number of nitrogens with zero attached hydrogens (tertiary/aromatic N) is 1. The van der Waals surface area contributed by atoms with Crippen molar-refractivity contribution in [1.82, 2.24) is 4.90 Å². The fraction of sp³-hybridized carbons (Fsp3) is 0.500. The molecule has 4 heteroatoms. The van der Waals surface area contributed by atoms with Gasteiger partial charge >= 0.3 is 0 Å². The second kappa shape index (κ2) is 10.6. The molecule has 0 bridgehead atoms. The second-order valence-electron chi connectivity index (χ2n) is 6.65. The summed E-state index contributed by atoms with van der Waals surface area (Å²) in [6.07, 6.45) is 0.684. The summed E-state index contributed by atoms with van der Waals surface area (Å²) in [6.45, 7) is 7.96. The van der Waals surface area contributed by atoms with Crippen LogP contribution in [0.25, 0.3) is 0 Å². The van der Waals surface area contributed by atoms with E-state index in [0.717, 1.165) is 25.1 Å². The van der Waals surface area contributed by atoms with E-state index in [4.69, 9.17) is 4.74 Å². The Morgan fingerprint density at radius 2 is 1.92 bits per heavy atom. The summed E-state index contributed by atoms with van der Waals surface area (Å²) >= 11 is 1.77. The predicted octanol–water partition coefficient (Wildman–Crippen LogP) is 4.17. The number of ether oxygens (including phenoxy) is 1. The Labute approximate surface area is 149 Å². The molecule has 0 saturated carbocycles. The van der Waals surface area contributed by atoms with Crippen LogP contribution in [-0.2, 0) is 17.9 Å². The van der Waals surface area contributed by atoms with Crippen LogP contribution in [0, 0.1) is 5.92 Å². The zero-order chi connectivity index (χ0) is 17.2. The number of benzene rings is 1. The molecule has 0 amide bonds.